The van der Waals surface area contributed by atoms with Crippen LogP contribution in [0, 0.1) is 11.8 Å². The summed E-state index contributed by atoms with van der Waals surface area (Å²) < 4.78 is 0. The molecule has 0 aliphatic rings. The van der Waals surface area contributed by atoms with Crippen molar-refractivity contribution < 1.29 is 46.5 Å². The summed E-state index contributed by atoms with van der Waals surface area (Å²) >= 11 is 0. The van der Waals surface area contributed by atoms with E-state index in [2.05, 4.69) is 41.5 Å². The second-order valence-corrected chi connectivity index (χ2v) is 3.00. The molecule has 3 heteroatoms. The molecule has 0 nitrogen and oxygen atoms in total. The molecule has 0 amide bonds. The van der Waals surface area contributed by atoms with Gasteiger partial charge in [0.2, 0.25) is 0 Å². The zero-order valence-corrected chi connectivity index (χ0v) is 11.3. The van der Waals surface area contributed by atoms with Crippen LogP contribution in [0.25, 0.3) is 0 Å². The summed E-state index contributed by atoms with van der Waals surface area (Å²) in [6.07, 6.45) is 0. The molecule has 0 rings (SSSR count). The van der Waals surface area contributed by atoms with Crippen molar-refractivity contribution >= 4 is 0 Å². The van der Waals surface area contributed by atoms with E-state index in [4.69, 9.17) is 0 Å². The summed E-state index contributed by atoms with van der Waals surface area (Å²) in [5.41, 5.74) is 0. The SMILES string of the molecule is C[C-](C)C.C[C-](C)C.[Cl-].[Cl-].[Ti+4]. The van der Waals surface area contributed by atoms with Gasteiger partial charge in [-0.15, -0.1) is 0 Å². The van der Waals surface area contributed by atoms with E-state index in [1.54, 1.807) is 0 Å². The first kappa shape index (κ1) is 29.5. The van der Waals surface area contributed by atoms with Crippen molar-refractivity contribution in [3.05, 3.63) is 11.8 Å². The van der Waals surface area contributed by atoms with E-state index in [-0.39, 0.29) is 46.5 Å². The molecule has 0 saturated heterocycles. The van der Waals surface area contributed by atoms with E-state index in [1.807, 2.05) is 0 Å². The molecule has 0 radical (unpaired) electrons. The van der Waals surface area contributed by atoms with Gasteiger partial charge in [0, 0.05) is 0 Å². The molecule has 0 unspecified atom stereocenters. The predicted octanol–water partition coefficient (Wildman–Crippen LogP) is -2.75. The van der Waals surface area contributed by atoms with Crippen LogP contribution >= 0.6 is 0 Å². The van der Waals surface area contributed by atoms with Crippen LogP contribution in [0.2, 0.25) is 0 Å². The molecule has 0 aromatic rings. The maximum atomic E-state index is 2.08. The fourth-order valence-corrected chi connectivity index (χ4v) is 0. The average Bonchev–Trinajstić information content (AvgIpc) is 1.25. The zero-order chi connectivity index (χ0) is 7.15. The van der Waals surface area contributed by atoms with Crippen molar-refractivity contribution in [2.24, 2.45) is 0 Å². The molecule has 11 heavy (non-hydrogen) atoms. The first-order chi connectivity index (χ1) is 3.46. The van der Waals surface area contributed by atoms with E-state index in [9.17, 15) is 0 Å². The minimum absolute atomic E-state index is 0. The summed E-state index contributed by atoms with van der Waals surface area (Å²) in [6.45, 7) is 12.5. The Bertz CT molecular complexity index is 27.6. The average molecular weight is 233 g/mol. The van der Waals surface area contributed by atoms with Gasteiger partial charge in [-0.3, -0.25) is 0 Å². The maximum Gasteiger partial charge on any atom is 4.00 e. The topological polar surface area (TPSA) is 0 Å². The van der Waals surface area contributed by atoms with Gasteiger partial charge in [0.05, 0.1) is 0 Å². The molecule has 0 fully saturated rings. The minimum Gasteiger partial charge on any atom is -1.00 e. The molecule has 0 bridgehead atoms. The van der Waals surface area contributed by atoms with Crippen LogP contribution in [0.4, 0.5) is 0 Å². The molecular formula is C8H18Cl2Ti. The Morgan fingerprint density at radius 3 is 0.545 bits per heavy atom. The molecular weight excluding hydrogens is 215 g/mol. The third kappa shape index (κ3) is 582. The van der Waals surface area contributed by atoms with Crippen LogP contribution in [-0.4, -0.2) is 0 Å². The third-order valence-electron chi connectivity index (χ3n) is 0. The van der Waals surface area contributed by atoms with Crippen LogP contribution in [-0.2, 0) is 21.7 Å². The minimum atomic E-state index is 0. The van der Waals surface area contributed by atoms with Gasteiger partial charge in [0.25, 0.3) is 0 Å². The molecule has 68 valence electrons. The van der Waals surface area contributed by atoms with Crippen molar-refractivity contribution in [1.29, 1.82) is 0 Å². The van der Waals surface area contributed by atoms with Gasteiger partial charge in [-0.2, -0.15) is 41.5 Å². The van der Waals surface area contributed by atoms with Gasteiger partial charge in [-0.05, 0) is 0 Å². The van der Waals surface area contributed by atoms with Crippen molar-refractivity contribution in [2.75, 3.05) is 0 Å². The number of rotatable bonds is 0. The van der Waals surface area contributed by atoms with Crippen LogP contribution in [0.1, 0.15) is 41.5 Å². The van der Waals surface area contributed by atoms with Crippen LogP contribution in [0.3, 0.4) is 0 Å². The quantitative estimate of drug-likeness (QED) is 0.314. The second kappa shape index (κ2) is 22.5. The monoisotopic (exact) mass is 232 g/mol. The van der Waals surface area contributed by atoms with Crippen molar-refractivity contribution in [2.45, 2.75) is 41.5 Å². The van der Waals surface area contributed by atoms with Gasteiger partial charge in [-0.25, -0.2) is 0 Å². The van der Waals surface area contributed by atoms with Crippen molar-refractivity contribution in [1.82, 2.24) is 0 Å². The Morgan fingerprint density at radius 2 is 0.545 bits per heavy atom. The van der Waals surface area contributed by atoms with E-state index in [1.165, 1.54) is 11.8 Å². The largest absolute Gasteiger partial charge is 4.00 e. The summed E-state index contributed by atoms with van der Waals surface area (Å²) in [5, 5.41) is 0. The predicted molar refractivity (Wildman–Crippen MR) is 40.5 cm³/mol. The van der Waals surface area contributed by atoms with E-state index in [0.29, 0.717) is 0 Å². The zero-order valence-electron chi connectivity index (χ0n) is 8.26. The summed E-state index contributed by atoms with van der Waals surface area (Å²) in [4.78, 5) is 0. The summed E-state index contributed by atoms with van der Waals surface area (Å²) in [6, 6.07) is 0. The van der Waals surface area contributed by atoms with Crippen LogP contribution in [0.5, 0.6) is 0 Å². The smallest absolute Gasteiger partial charge is 1.00 e. The summed E-state index contributed by atoms with van der Waals surface area (Å²) in [5.74, 6) is 2.83. The number of halogens is 2. The molecule has 0 aliphatic carbocycles. The molecule has 0 heterocycles. The molecule has 0 aromatic heterocycles. The van der Waals surface area contributed by atoms with Gasteiger partial charge >= 0.3 is 21.7 Å². The second-order valence-electron chi connectivity index (χ2n) is 3.00. The van der Waals surface area contributed by atoms with Crippen molar-refractivity contribution in [3.63, 3.8) is 0 Å². The number of hydrogen-bond acceptors (Lipinski definition) is 0. The first-order valence-corrected chi connectivity index (χ1v) is 3.00. The molecule has 0 atom stereocenters. The Morgan fingerprint density at radius 1 is 0.545 bits per heavy atom. The normalized spacial score (nSPS) is 6.55. The summed E-state index contributed by atoms with van der Waals surface area (Å²) in [7, 11) is 0. The molecule has 0 spiro atoms. The van der Waals surface area contributed by atoms with Gasteiger partial charge in [-0.1, -0.05) is 0 Å². The molecule has 0 saturated carbocycles. The van der Waals surface area contributed by atoms with E-state index in [0.717, 1.165) is 0 Å². The number of hydrogen-bond donors (Lipinski definition) is 0. The van der Waals surface area contributed by atoms with E-state index < -0.39 is 0 Å². The van der Waals surface area contributed by atoms with Crippen LogP contribution < -0.4 is 24.8 Å². The Balaban J connectivity index is -0.0000000171. The fraction of sp³-hybridized carbons (Fsp3) is 0.750. The molecule has 0 N–H and O–H groups in total. The third-order valence-corrected chi connectivity index (χ3v) is 0. The van der Waals surface area contributed by atoms with Crippen LogP contribution in [0.15, 0.2) is 0 Å². The fourth-order valence-electron chi connectivity index (χ4n) is 0. The van der Waals surface area contributed by atoms with E-state index >= 15 is 0 Å². The van der Waals surface area contributed by atoms with Gasteiger partial charge in [0.1, 0.15) is 0 Å². The molecule has 0 aromatic carbocycles. The Hall–Kier alpha value is 1.29. The van der Waals surface area contributed by atoms with Gasteiger partial charge in [0.15, 0.2) is 0 Å². The standard InChI is InChI=1S/2C4H9.2ClH.Ti/c2*1-4(2)3;;;/h2*1-3H3;2*1H;/q2*-1;;;+4/p-2. The first-order valence-electron chi connectivity index (χ1n) is 3.00. The Labute approximate surface area is 99.6 Å². The maximum absolute atomic E-state index is 2.08. The van der Waals surface area contributed by atoms with Gasteiger partial charge < -0.3 is 36.6 Å². The Kier molecular flexibility index (Phi) is 60.3. The molecule has 0 aliphatic heterocycles. The van der Waals surface area contributed by atoms with Crippen molar-refractivity contribution in [3.8, 4) is 0 Å².